The number of hydrogen-bond acceptors (Lipinski definition) is 8. The van der Waals surface area contributed by atoms with Crippen molar-refractivity contribution in [1.29, 1.82) is 0 Å². The average molecular weight is 339 g/mol. The quantitative estimate of drug-likeness (QED) is 0.783. The van der Waals surface area contributed by atoms with Gasteiger partial charge in [0.2, 0.25) is 5.95 Å². The minimum atomic E-state index is 0.351. The summed E-state index contributed by atoms with van der Waals surface area (Å²) in [4.78, 5) is 24.2. The third-order valence-corrected chi connectivity index (χ3v) is 4.70. The van der Waals surface area contributed by atoms with Crippen LogP contribution in [0.25, 0.3) is 0 Å². The Labute approximate surface area is 143 Å². The summed E-state index contributed by atoms with van der Waals surface area (Å²) >= 11 is 1.54. The van der Waals surface area contributed by atoms with E-state index in [0.717, 1.165) is 42.7 Å². The highest BCUT2D eigenvalue weighted by Crippen LogP contribution is 2.27. The first-order valence-electron chi connectivity index (χ1n) is 7.89. The molecule has 0 amide bonds. The lowest BCUT2D eigenvalue weighted by Crippen LogP contribution is -2.35. The van der Waals surface area contributed by atoms with E-state index in [0.29, 0.717) is 11.7 Å². The Morgan fingerprint density at radius 2 is 1.96 bits per heavy atom. The maximum absolute atomic E-state index is 4.60. The molecule has 122 valence electrons. The molecule has 24 heavy (non-hydrogen) atoms. The van der Waals surface area contributed by atoms with Crippen molar-refractivity contribution >= 4 is 28.2 Å². The molecule has 1 atom stereocenters. The third kappa shape index (κ3) is 3.33. The number of piperidine rings is 1. The number of hydrogen-bond donors (Lipinski definition) is 1. The Bertz CT molecular complexity index is 761. The van der Waals surface area contributed by atoms with Gasteiger partial charge in [0.05, 0.1) is 18.1 Å². The highest BCUT2D eigenvalue weighted by molar-refractivity contribution is 7.13. The van der Waals surface area contributed by atoms with Crippen LogP contribution in [0.4, 0.5) is 16.9 Å². The van der Waals surface area contributed by atoms with E-state index in [1.807, 2.05) is 17.6 Å². The highest BCUT2D eigenvalue weighted by Gasteiger charge is 2.24. The number of nitrogens with zero attached hydrogens (tertiary/aromatic N) is 6. The fourth-order valence-corrected chi connectivity index (χ4v) is 3.40. The summed E-state index contributed by atoms with van der Waals surface area (Å²) in [5.41, 5.74) is 1.01. The van der Waals surface area contributed by atoms with E-state index in [4.69, 9.17) is 0 Å². The van der Waals surface area contributed by atoms with E-state index in [9.17, 15) is 0 Å². The maximum Gasteiger partial charge on any atom is 0.225 e. The lowest BCUT2D eigenvalue weighted by molar-refractivity contribution is 0.494. The molecule has 0 aliphatic carbocycles. The summed E-state index contributed by atoms with van der Waals surface area (Å²) in [7, 11) is 0. The summed E-state index contributed by atoms with van der Waals surface area (Å²) in [6.45, 7) is 1.86. The molecule has 0 spiro atoms. The molecule has 0 saturated carbocycles. The fourth-order valence-electron chi connectivity index (χ4n) is 2.86. The van der Waals surface area contributed by atoms with Gasteiger partial charge in [0, 0.05) is 43.0 Å². The van der Waals surface area contributed by atoms with Gasteiger partial charge < -0.3 is 10.2 Å². The van der Waals surface area contributed by atoms with Gasteiger partial charge in [-0.1, -0.05) is 0 Å². The number of aromatic nitrogens is 5. The number of thiazole rings is 1. The van der Waals surface area contributed by atoms with Gasteiger partial charge in [0.25, 0.3) is 0 Å². The molecular formula is C16H17N7S. The van der Waals surface area contributed by atoms with Crippen molar-refractivity contribution in [2.24, 2.45) is 0 Å². The van der Waals surface area contributed by atoms with E-state index >= 15 is 0 Å². The minimum absolute atomic E-state index is 0.351. The number of anilines is 3. The minimum Gasteiger partial charge on any atom is -0.340 e. The molecule has 1 fully saturated rings. The Hall–Kier alpha value is -2.61. The molecule has 3 aromatic rings. The van der Waals surface area contributed by atoms with Crippen LogP contribution in [0.5, 0.6) is 0 Å². The van der Waals surface area contributed by atoms with Gasteiger partial charge in [-0.3, -0.25) is 4.98 Å². The zero-order chi connectivity index (χ0) is 16.2. The van der Waals surface area contributed by atoms with Crippen LogP contribution in [0.2, 0.25) is 0 Å². The van der Waals surface area contributed by atoms with Crippen molar-refractivity contribution in [2.45, 2.75) is 18.8 Å². The molecule has 0 radical (unpaired) electrons. The van der Waals surface area contributed by atoms with E-state index in [1.165, 1.54) is 11.3 Å². The van der Waals surface area contributed by atoms with E-state index in [2.05, 4.69) is 35.1 Å². The molecular weight excluding hydrogens is 322 g/mol. The smallest absolute Gasteiger partial charge is 0.225 e. The van der Waals surface area contributed by atoms with Crippen molar-refractivity contribution in [1.82, 2.24) is 24.9 Å². The average Bonchev–Trinajstić information content (AvgIpc) is 3.16. The maximum atomic E-state index is 4.60. The van der Waals surface area contributed by atoms with Crippen LogP contribution in [-0.2, 0) is 0 Å². The van der Waals surface area contributed by atoms with Gasteiger partial charge >= 0.3 is 0 Å². The molecule has 3 aromatic heterocycles. The Balaban J connectivity index is 1.45. The van der Waals surface area contributed by atoms with Gasteiger partial charge in [0.1, 0.15) is 0 Å². The SMILES string of the molecule is c1cnc(N2CCC[C@@H](c3cnc(Nc4nccs4)cn3)C2)nc1. The predicted octanol–water partition coefficient (Wildman–Crippen LogP) is 2.85. The second-order valence-electron chi connectivity index (χ2n) is 5.62. The standard InChI is InChI=1S/C16H17N7S/c1-3-12(11-23(7-1)15-17-4-2-5-18-15)13-9-21-14(10-20-13)22-16-19-6-8-24-16/h2,4-6,8-10,12H,1,3,7,11H2,(H,19,21,22)/t12-/m1/s1. The van der Waals surface area contributed by atoms with Crippen LogP contribution in [-0.4, -0.2) is 38.0 Å². The lowest BCUT2D eigenvalue weighted by Gasteiger charge is -2.32. The van der Waals surface area contributed by atoms with Gasteiger partial charge in [-0.2, -0.15) is 0 Å². The first kappa shape index (κ1) is 14.9. The van der Waals surface area contributed by atoms with Crippen LogP contribution in [0.1, 0.15) is 24.5 Å². The van der Waals surface area contributed by atoms with E-state index in [1.54, 1.807) is 24.8 Å². The Kier molecular flexibility index (Phi) is 4.28. The number of nitrogens with one attached hydrogen (secondary N) is 1. The molecule has 4 heterocycles. The van der Waals surface area contributed by atoms with Gasteiger partial charge in [-0.05, 0) is 18.9 Å². The molecule has 0 bridgehead atoms. The molecule has 1 N–H and O–H groups in total. The fraction of sp³-hybridized carbons (Fsp3) is 0.312. The third-order valence-electron chi connectivity index (χ3n) is 4.01. The largest absolute Gasteiger partial charge is 0.340 e. The van der Waals surface area contributed by atoms with Gasteiger partial charge in [-0.25, -0.2) is 19.9 Å². The zero-order valence-corrected chi connectivity index (χ0v) is 13.9. The monoisotopic (exact) mass is 339 g/mol. The normalized spacial score (nSPS) is 17.7. The summed E-state index contributed by atoms with van der Waals surface area (Å²) in [6.07, 6.45) is 11.2. The summed E-state index contributed by atoms with van der Waals surface area (Å²) in [5, 5.41) is 5.90. The van der Waals surface area contributed by atoms with Crippen molar-refractivity contribution < 1.29 is 0 Å². The number of rotatable bonds is 4. The second kappa shape index (κ2) is 6.88. The van der Waals surface area contributed by atoms with E-state index in [-0.39, 0.29) is 0 Å². The molecule has 8 heteroatoms. The Morgan fingerprint density at radius 1 is 1.04 bits per heavy atom. The van der Waals surface area contributed by atoms with Crippen molar-refractivity contribution in [3.63, 3.8) is 0 Å². The van der Waals surface area contributed by atoms with Crippen molar-refractivity contribution in [3.8, 4) is 0 Å². The van der Waals surface area contributed by atoms with Gasteiger partial charge in [-0.15, -0.1) is 11.3 Å². The molecule has 1 aliphatic rings. The second-order valence-corrected chi connectivity index (χ2v) is 6.52. The molecule has 1 saturated heterocycles. The summed E-state index contributed by atoms with van der Waals surface area (Å²) in [5.74, 6) is 1.86. The molecule has 0 aromatic carbocycles. The molecule has 0 unspecified atom stereocenters. The van der Waals surface area contributed by atoms with Crippen LogP contribution in [0, 0.1) is 0 Å². The van der Waals surface area contributed by atoms with Crippen LogP contribution in [0.15, 0.2) is 42.4 Å². The predicted molar refractivity (Wildman–Crippen MR) is 93.6 cm³/mol. The van der Waals surface area contributed by atoms with Crippen molar-refractivity contribution in [2.75, 3.05) is 23.3 Å². The van der Waals surface area contributed by atoms with Gasteiger partial charge in [0.15, 0.2) is 10.9 Å². The molecule has 4 rings (SSSR count). The topological polar surface area (TPSA) is 79.7 Å². The summed E-state index contributed by atoms with van der Waals surface area (Å²) < 4.78 is 0. The summed E-state index contributed by atoms with van der Waals surface area (Å²) in [6, 6.07) is 1.84. The lowest BCUT2D eigenvalue weighted by atomic mass is 9.95. The van der Waals surface area contributed by atoms with Crippen LogP contribution >= 0.6 is 11.3 Å². The van der Waals surface area contributed by atoms with Crippen LogP contribution < -0.4 is 10.2 Å². The van der Waals surface area contributed by atoms with Crippen molar-refractivity contribution in [3.05, 3.63) is 48.1 Å². The molecule has 1 aliphatic heterocycles. The van der Waals surface area contributed by atoms with Crippen LogP contribution in [0.3, 0.4) is 0 Å². The first-order chi connectivity index (χ1) is 11.9. The first-order valence-corrected chi connectivity index (χ1v) is 8.77. The highest BCUT2D eigenvalue weighted by atomic mass is 32.1. The van der Waals surface area contributed by atoms with E-state index < -0.39 is 0 Å². The Morgan fingerprint density at radius 3 is 2.71 bits per heavy atom. The zero-order valence-electron chi connectivity index (χ0n) is 13.0. The molecule has 7 nitrogen and oxygen atoms in total.